The summed E-state index contributed by atoms with van der Waals surface area (Å²) in [5.41, 5.74) is 0.292. The van der Waals surface area contributed by atoms with Crippen molar-refractivity contribution in [3.05, 3.63) is 12.2 Å². The average Bonchev–Trinajstić information content (AvgIpc) is 3.07. The van der Waals surface area contributed by atoms with E-state index in [4.69, 9.17) is 0 Å². The maximum absolute atomic E-state index is 13.0. The molecule has 0 bridgehead atoms. The van der Waals surface area contributed by atoms with Gasteiger partial charge in [0.05, 0.1) is 6.54 Å². The summed E-state index contributed by atoms with van der Waals surface area (Å²) in [6.07, 6.45) is 11.6. The van der Waals surface area contributed by atoms with Gasteiger partial charge in [-0.3, -0.25) is 14.4 Å². The van der Waals surface area contributed by atoms with Crippen molar-refractivity contribution in [2.24, 2.45) is 34.5 Å². The van der Waals surface area contributed by atoms with Gasteiger partial charge in [-0.15, -0.1) is 0 Å². The molecule has 3 amide bonds. The normalized spacial score (nSPS) is 44.4. The Bertz CT molecular complexity index is 825. The number of carbonyl (C=O) groups excluding carboxylic acids is 3. The van der Waals surface area contributed by atoms with Crippen LogP contribution in [0.5, 0.6) is 0 Å². The standard InChI is InChI=1S/C25H37N3O3/c1-24-10-8-19-17(5-7-20-25(19,2)11-9-22(30)27(20)3)18(24)6-4-16(24)14-23(31)28-13-12-26-21(29)15-28/h9,11,16-20H,4-8,10,12-15H2,1-3H3,(H,26,29)/t16-,17?,18+,19?,20-,24-,25-/m1/s1. The topological polar surface area (TPSA) is 69.7 Å². The van der Waals surface area contributed by atoms with Crippen molar-refractivity contribution in [2.45, 2.75) is 64.8 Å². The average molecular weight is 428 g/mol. The monoisotopic (exact) mass is 427 g/mol. The summed E-state index contributed by atoms with van der Waals surface area (Å²) in [5.74, 6) is 2.67. The van der Waals surface area contributed by atoms with Gasteiger partial charge >= 0.3 is 0 Å². The SMILES string of the molecule is CN1C(=O)C=C[C@]2(C)C3CC[C@]4(C)[C@@H](CC(=O)N5CCNC(=O)C5)CC[C@H]4C3CC[C@@H]12. The van der Waals surface area contributed by atoms with Crippen LogP contribution in [0, 0.1) is 34.5 Å². The maximum atomic E-state index is 13.0. The lowest BCUT2D eigenvalue weighted by atomic mass is 9.47. The minimum Gasteiger partial charge on any atom is -0.353 e. The molecule has 2 aliphatic heterocycles. The summed E-state index contributed by atoms with van der Waals surface area (Å²) in [4.78, 5) is 40.7. The third kappa shape index (κ3) is 3.15. The van der Waals surface area contributed by atoms with Crippen LogP contribution in [0.15, 0.2) is 12.2 Å². The molecule has 0 aromatic rings. The molecular formula is C25H37N3O3. The minimum atomic E-state index is -0.0374. The first-order valence-corrected chi connectivity index (χ1v) is 12.2. The Hall–Kier alpha value is -1.85. The fourth-order valence-electron chi connectivity index (χ4n) is 8.37. The molecule has 31 heavy (non-hydrogen) atoms. The molecule has 1 N–H and O–H groups in total. The quantitative estimate of drug-likeness (QED) is 0.736. The van der Waals surface area contributed by atoms with Crippen LogP contribution in [0.25, 0.3) is 0 Å². The molecule has 0 aromatic heterocycles. The Morgan fingerprint density at radius 1 is 1.13 bits per heavy atom. The van der Waals surface area contributed by atoms with Crippen LogP contribution in [0.4, 0.5) is 0 Å². The van der Waals surface area contributed by atoms with E-state index in [2.05, 4.69) is 25.2 Å². The number of amides is 3. The fraction of sp³-hybridized carbons (Fsp3) is 0.800. The van der Waals surface area contributed by atoms with Gasteiger partial charge in [-0.2, -0.15) is 0 Å². The lowest BCUT2D eigenvalue weighted by Gasteiger charge is -2.60. The van der Waals surface area contributed by atoms with E-state index in [1.807, 2.05) is 11.9 Å². The van der Waals surface area contributed by atoms with E-state index in [0.717, 1.165) is 12.8 Å². The van der Waals surface area contributed by atoms with Gasteiger partial charge in [0.15, 0.2) is 0 Å². The van der Waals surface area contributed by atoms with Crippen LogP contribution in [-0.2, 0) is 14.4 Å². The molecule has 1 saturated heterocycles. The van der Waals surface area contributed by atoms with E-state index in [-0.39, 0.29) is 35.1 Å². The second kappa shape index (κ2) is 7.35. The van der Waals surface area contributed by atoms with Gasteiger partial charge < -0.3 is 15.1 Å². The number of piperazine rings is 1. The van der Waals surface area contributed by atoms with Gasteiger partial charge in [0, 0.05) is 38.0 Å². The van der Waals surface area contributed by atoms with Crippen molar-refractivity contribution in [3.8, 4) is 0 Å². The van der Waals surface area contributed by atoms with Crippen molar-refractivity contribution in [3.63, 3.8) is 0 Å². The van der Waals surface area contributed by atoms with Gasteiger partial charge in [0.1, 0.15) is 0 Å². The van der Waals surface area contributed by atoms with E-state index < -0.39 is 0 Å². The van der Waals surface area contributed by atoms with Crippen molar-refractivity contribution >= 4 is 17.7 Å². The Kier molecular flexibility index (Phi) is 4.98. The first kappa shape index (κ1) is 21.0. The van der Waals surface area contributed by atoms with Crippen LogP contribution < -0.4 is 5.32 Å². The van der Waals surface area contributed by atoms with Gasteiger partial charge in [-0.05, 0) is 73.7 Å². The Balaban J connectivity index is 1.33. The maximum Gasteiger partial charge on any atom is 0.246 e. The predicted molar refractivity (Wildman–Crippen MR) is 118 cm³/mol. The Morgan fingerprint density at radius 3 is 2.71 bits per heavy atom. The number of fused-ring (bicyclic) bond motifs is 5. The molecule has 2 heterocycles. The zero-order valence-electron chi connectivity index (χ0n) is 19.2. The van der Waals surface area contributed by atoms with E-state index >= 15 is 0 Å². The number of nitrogens with one attached hydrogen (secondary N) is 1. The smallest absolute Gasteiger partial charge is 0.246 e. The van der Waals surface area contributed by atoms with E-state index in [0.29, 0.717) is 49.2 Å². The number of hydrogen-bond donors (Lipinski definition) is 1. The van der Waals surface area contributed by atoms with E-state index in [1.165, 1.54) is 25.7 Å². The number of likely N-dealkylation sites (N-methyl/N-ethyl adjacent to an activating group) is 1. The highest BCUT2D eigenvalue weighted by Crippen LogP contribution is 2.66. The molecule has 3 aliphatic carbocycles. The molecule has 170 valence electrons. The summed E-state index contributed by atoms with van der Waals surface area (Å²) in [5, 5.41) is 2.81. The predicted octanol–water partition coefficient (Wildman–Crippen LogP) is 2.59. The summed E-state index contributed by atoms with van der Waals surface area (Å²) in [6.45, 7) is 6.26. The van der Waals surface area contributed by atoms with Gasteiger partial charge in [-0.1, -0.05) is 19.9 Å². The molecule has 3 saturated carbocycles. The van der Waals surface area contributed by atoms with Crippen LogP contribution in [0.1, 0.15) is 58.8 Å². The second-order valence-electron chi connectivity index (χ2n) is 11.3. The van der Waals surface area contributed by atoms with Gasteiger partial charge in [0.25, 0.3) is 0 Å². The molecule has 0 radical (unpaired) electrons. The molecule has 6 nitrogen and oxygen atoms in total. The Morgan fingerprint density at radius 2 is 1.94 bits per heavy atom. The minimum absolute atomic E-state index is 0.0374. The third-order valence-corrected chi connectivity index (χ3v) is 10.1. The molecule has 0 aromatic carbocycles. The molecule has 7 atom stereocenters. The van der Waals surface area contributed by atoms with Gasteiger partial charge in [0.2, 0.25) is 17.7 Å². The zero-order valence-corrected chi connectivity index (χ0v) is 19.2. The molecule has 0 spiro atoms. The summed E-state index contributed by atoms with van der Waals surface area (Å²) < 4.78 is 0. The molecular weight excluding hydrogens is 390 g/mol. The molecule has 2 unspecified atom stereocenters. The van der Waals surface area contributed by atoms with E-state index in [1.54, 1.807) is 11.0 Å². The summed E-state index contributed by atoms with van der Waals surface area (Å²) >= 11 is 0. The highest BCUT2D eigenvalue weighted by molar-refractivity contribution is 5.89. The number of rotatable bonds is 2. The second-order valence-corrected chi connectivity index (χ2v) is 11.3. The number of hydrogen-bond acceptors (Lipinski definition) is 3. The molecule has 5 rings (SSSR count). The molecule has 5 aliphatic rings. The fourth-order valence-corrected chi connectivity index (χ4v) is 8.37. The van der Waals surface area contributed by atoms with Crippen LogP contribution in [-0.4, -0.2) is 60.2 Å². The lowest BCUT2D eigenvalue weighted by Crippen LogP contribution is -2.59. The zero-order chi connectivity index (χ0) is 22.0. The van der Waals surface area contributed by atoms with Crippen molar-refractivity contribution in [2.75, 3.05) is 26.7 Å². The molecule has 6 heteroatoms. The summed E-state index contributed by atoms with van der Waals surface area (Å²) in [6, 6.07) is 0.319. The van der Waals surface area contributed by atoms with Crippen LogP contribution in [0.2, 0.25) is 0 Å². The first-order valence-electron chi connectivity index (χ1n) is 12.2. The van der Waals surface area contributed by atoms with Crippen molar-refractivity contribution < 1.29 is 14.4 Å². The van der Waals surface area contributed by atoms with Crippen molar-refractivity contribution in [1.29, 1.82) is 0 Å². The van der Waals surface area contributed by atoms with Gasteiger partial charge in [-0.25, -0.2) is 0 Å². The van der Waals surface area contributed by atoms with Crippen LogP contribution >= 0.6 is 0 Å². The largest absolute Gasteiger partial charge is 0.353 e. The highest BCUT2D eigenvalue weighted by atomic mass is 16.2. The molecule has 4 fully saturated rings. The number of nitrogens with zero attached hydrogens (tertiary/aromatic N) is 2. The number of carbonyl (C=O) groups is 3. The summed E-state index contributed by atoms with van der Waals surface area (Å²) in [7, 11) is 1.97. The first-order chi connectivity index (χ1) is 14.7. The Labute approximate surface area is 185 Å². The highest BCUT2D eigenvalue weighted by Gasteiger charge is 2.60. The third-order valence-electron chi connectivity index (χ3n) is 10.1. The lowest BCUT2D eigenvalue weighted by molar-refractivity contribution is -0.142. The van der Waals surface area contributed by atoms with E-state index in [9.17, 15) is 14.4 Å². The van der Waals surface area contributed by atoms with Crippen molar-refractivity contribution in [1.82, 2.24) is 15.1 Å². The van der Waals surface area contributed by atoms with Crippen LogP contribution in [0.3, 0.4) is 0 Å².